The van der Waals surface area contributed by atoms with Crippen LogP contribution in [0, 0.1) is 5.92 Å². The highest BCUT2D eigenvalue weighted by Gasteiger charge is 2.43. The summed E-state index contributed by atoms with van der Waals surface area (Å²) in [6.45, 7) is 1.25. The van der Waals surface area contributed by atoms with Crippen molar-refractivity contribution < 1.29 is 14.6 Å². The highest BCUT2D eigenvalue weighted by Crippen LogP contribution is 2.42. The molecule has 1 aliphatic carbocycles. The van der Waals surface area contributed by atoms with E-state index in [1.165, 1.54) is 11.1 Å². The maximum Gasteiger partial charge on any atom is 0.122 e. The van der Waals surface area contributed by atoms with Crippen molar-refractivity contribution in [3.05, 3.63) is 29.3 Å². The van der Waals surface area contributed by atoms with E-state index < -0.39 is 5.60 Å². The first kappa shape index (κ1) is 12.9. The van der Waals surface area contributed by atoms with Crippen molar-refractivity contribution in [3.8, 4) is 5.75 Å². The summed E-state index contributed by atoms with van der Waals surface area (Å²) in [6, 6.07) is 6.40. The van der Waals surface area contributed by atoms with Crippen LogP contribution in [-0.4, -0.2) is 31.0 Å². The molecule has 2 aliphatic rings. The van der Waals surface area contributed by atoms with Crippen molar-refractivity contribution in [2.24, 2.45) is 5.92 Å². The highest BCUT2D eigenvalue weighted by atomic mass is 16.5. The molecule has 1 aromatic carbocycles. The fourth-order valence-corrected chi connectivity index (χ4v) is 3.02. The van der Waals surface area contributed by atoms with E-state index in [2.05, 4.69) is 18.2 Å². The molecule has 1 aromatic rings. The number of ether oxygens (including phenoxy) is 2. The fourth-order valence-electron chi connectivity index (χ4n) is 3.02. The van der Waals surface area contributed by atoms with Crippen LogP contribution >= 0.6 is 0 Å². The smallest absolute Gasteiger partial charge is 0.122 e. The summed E-state index contributed by atoms with van der Waals surface area (Å²) >= 11 is 0. The van der Waals surface area contributed by atoms with Crippen LogP contribution in [0.2, 0.25) is 0 Å². The van der Waals surface area contributed by atoms with Crippen molar-refractivity contribution in [3.63, 3.8) is 0 Å². The van der Waals surface area contributed by atoms with Gasteiger partial charge >= 0.3 is 0 Å². The molecule has 1 atom stereocenters. The molecule has 1 heterocycles. The van der Waals surface area contributed by atoms with E-state index in [1.54, 1.807) is 7.11 Å². The van der Waals surface area contributed by atoms with Crippen LogP contribution in [0.25, 0.3) is 0 Å². The molecule has 0 bridgehead atoms. The Balaban J connectivity index is 1.64. The van der Waals surface area contributed by atoms with E-state index >= 15 is 0 Å². The normalized spacial score (nSPS) is 20.7. The molecular formula is C16H22O3. The Kier molecular flexibility index (Phi) is 3.50. The first-order chi connectivity index (χ1) is 9.21. The van der Waals surface area contributed by atoms with Crippen LogP contribution in [0.5, 0.6) is 5.75 Å². The van der Waals surface area contributed by atoms with Gasteiger partial charge in [-0.2, -0.15) is 0 Å². The second-order valence-electron chi connectivity index (χ2n) is 5.85. The van der Waals surface area contributed by atoms with Gasteiger partial charge in [-0.25, -0.2) is 0 Å². The highest BCUT2D eigenvalue weighted by molar-refractivity contribution is 5.39. The summed E-state index contributed by atoms with van der Waals surface area (Å²) in [5.41, 5.74) is 1.96. The molecule has 0 radical (unpaired) electrons. The zero-order chi connectivity index (χ0) is 13.3. The second-order valence-corrected chi connectivity index (χ2v) is 5.85. The minimum atomic E-state index is -0.635. The van der Waals surface area contributed by atoms with E-state index in [0.717, 1.165) is 44.5 Å². The lowest BCUT2D eigenvalue weighted by Gasteiger charge is -2.27. The molecule has 1 saturated carbocycles. The van der Waals surface area contributed by atoms with Gasteiger partial charge in [-0.05, 0) is 48.8 Å². The number of aliphatic hydroxyl groups is 1. The van der Waals surface area contributed by atoms with Crippen LogP contribution in [0.3, 0.4) is 0 Å². The largest absolute Gasteiger partial charge is 0.493 e. The molecule has 3 heteroatoms. The van der Waals surface area contributed by atoms with Gasteiger partial charge in [0.15, 0.2) is 0 Å². The Morgan fingerprint density at radius 2 is 2.26 bits per heavy atom. The van der Waals surface area contributed by atoms with Crippen LogP contribution in [0.4, 0.5) is 0 Å². The average Bonchev–Trinajstić information content (AvgIpc) is 3.16. The Hall–Kier alpha value is -1.06. The fraction of sp³-hybridized carbons (Fsp3) is 0.625. The van der Waals surface area contributed by atoms with Crippen LogP contribution < -0.4 is 4.74 Å². The van der Waals surface area contributed by atoms with Gasteiger partial charge in [0.25, 0.3) is 0 Å². The Morgan fingerprint density at radius 1 is 1.42 bits per heavy atom. The summed E-state index contributed by atoms with van der Waals surface area (Å²) < 4.78 is 10.7. The molecule has 1 unspecified atom stereocenters. The van der Waals surface area contributed by atoms with Gasteiger partial charge in [-0.1, -0.05) is 12.1 Å². The van der Waals surface area contributed by atoms with Crippen molar-refractivity contribution in [2.45, 2.75) is 37.7 Å². The lowest BCUT2D eigenvalue weighted by Crippen LogP contribution is -2.37. The molecule has 0 saturated heterocycles. The molecule has 1 N–H and O–H groups in total. The second kappa shape index (κ2) is 5.14. The standard InChI is InChI=1S/C16H22O3/c1-18-11-16(17,14-3-4-14)8-6-12-2-5-15-13(10-12)7-9-19-15/h2,5,10,14,17H,3-4,6-9,11H2,1H3. The van der Waals surface area contributed by atoms with Crippen LogP contribution in [0.1, 0.15) is 30.4 Å². The zero-order valence-corrected chi connectivity index (χ0v) is 11.5. The third kappa shape index (κ3) is 2.77. The molecule has 19 heavy (non-hydrogen) atoms. The summed E-state index contributed by atoms with van der Waals surface area (Å²) in [7, 11) is 1.67. The number of methoxy groups -OCH3 is 1. The van der Waals surface area contributed by atoms with Gasteiger partial charge < -0.3 is 14.6 Å². The topological polar surface area (TPSA) is 38.7 Å². The summed E-state index contributed by atoms with van der Waals surface area (Å²) in [5.74, 6) is 1.46. The van der Waals surface area contributed by atoms with E-state index in [4.69, 9.17) is 9.47 Å². The Bertz CT molecular complexity index is 453. The van der Waals surface area contributed by atoms with Gasteiger partial charge in [0.1, 0.15) is 5.75 Å². The lowest BCUT2D eigenvalue weighted by atomic mass is 9.90. The number of fused-ring (bicyclic) bond motifs is 1. The summed E-state index contributed by atoms with van der Waals surface area (Å²) in [6.07, 6.45) is 4.97. The SMILES string of the molecule is COCC(O)(CCc1ccc2c(c1)CCO2)C1CC1. The molecule has 0 aromatic heterocycles. The molecule has 3 nitrogen and oxygen atoms in total. The van der Waals surface area contributed by atoms with Gasteiger partial charge in [0.2, 0.25) is 0 Å². The Morgan fingerprint density at radius 3 is 3.00 bits per heavy atom. The van der Waals surface area contributed by atoms with Crippen LogP contribution in [0.15, 0.2) is 18.2 Å². The van der Waals surface area contributed by atoms with Crippen molar-refractivity contribution in [2.75, 3.05) is 20.3 Å². The summed E-state index contributed by atoms with van der Waals surface area (Å²) in [5, 5.41) is 10.7. The average molecular weight is 262 g/mol. The lowest BCUT2D eigenvalue weighted by molar-refractivity contribution is -0.0535. The van der Waals surface area contributed by atoms with Gasteiger partial charge in [-0.15, -0.1) is 0 Å². The molecule has 104 valence electrons. The van der Waals surface area contributed by atoms with Crippen molar-refractivity contribution >= 4 is 0 Å². The third-order valence-electron chi connectivity index (χ3n) is 4.33. The first-order valence-electron chi connectivity index (χ1n) is 7.17. The van der Waals surface area contributed by atoms with E-state index in [0.29, 0.717) is 12.5 Å². The number of rotatable bonds is 6. The van der Waals surface area contributed by atoms with Crippen LogP contribution in [-0.2, 0) is 17.6 Å². The predicted molar refractivity (Wildman–Crippen MR) is 73.5 cm³/mol. The number of aryl methyl sites for hydroxylation is 1. The minimum Gasteiger partial charge on any atom is -0.493 e. The van der Waals surface area contributed by atoms with Gasteiger partial charge in [0.05, 0.1) is 18.8 Å². The summed E-state index contributed by atoms with van der Waals surface area (Å²) in [4.78, 5) is 0. The number of benzene rings is 1. The molecule has 3 rings (SSSR count). The zero-order valence-electron chi connectivity index (χ0n) is 11.5. The quantitative estimate of drug-likeness (QED) is 0.855. The van der Waals surface area contributed by atoms with E-state index in [1.807, 2.05) is 0 Å². The molecular weight excluding hydrogens is 240 g/mol. The van der Waals surface area contributed by atoms with Crippen molar-refractivity contribution in [1.82, 2.24) is 0 Å². The minimum absolute atomic E-state index is 0.435. The number of hydrogen-bond acceptors (Lipinski definition) is 3. The maximum absolute atomic E-state index is 10.7. The molecule has 1 fully saturated rings. The van der Waals surface area contributed by atoms with Crippen molar-refractivity contribution in [1.29, 1.82) is 0 Å². The van der Waals surface area contributed by atoms with Gasteiger partial charge in [0, 0.05) is 13.5 Å². The molecule has 0 spiro atoms. The van der Waals surface area contributed by atoms with Gasteiger partial charge in [-0.3, -0.25) is 0 Å². The Labute approximate surface area is 114 Å². The number of hydrogen-bond donors (Lipinski definition) is 1. The van der Waals surface area contributed by atoms with E-state index in [9.17, 15) is 5.11 Å². The monoisotopic (exact) mass is 262 g/mol. The molecule has 1 aliphatic heterocycles. The molecule has 0 amide bonds. The van der Waals surface area contributed by atoms with E-state index in [-0.39, 0.29) is 0 Å². The maximum atomic E-state index is 10.7. The third-order valence-corrected chi connectivity index (χ3v) is 4.33. The predicted octanol–water partition coefficient (Wildman–Crippen LogP) is 2.34. The first-order valence-corrected chi connectivity index (χ1v) is 7.17.